The summed E-state index contributed by atoms with van der Waals surface area (Å²) in [7, 11) is -2.43. The number of fused-ring (bicyclic) bond motifs is 1. The highest BCUT2D eigenvalue weighted by Crippen LogP contribution is 2.37. The van der Waals surface area contributed by atoms with Crippen molar-refractivity contribution in [3.8, 4) is 6.07 Å². The lowest BCUT2D eigenvalue weighted by molar-refractivity contribution is -0.118. The summed E-state index contributed by atoms with van der Waals surface area (Å²) >= 11 is 1.73. The number of benzene rings is 2. The Hall–Kier alpha value is -2.34. The summed E-state index contributed by atoms with van der Waals surface area (Å²) in [5.74, 6) is -0.262. The van der Waals surface area contributed by atoms with Crippen molar-refractivity contribution in [2.75, 3.05) is 25.0 Å². The van der Waals surface area contributed by atoms with E-state index in [0.717, 1.165) is 21.3 Å². The van der Waals surface area contributed by atoms with Crippen molar-refractivity contribution in [3.63, 3.8) is 0 Å². The lowest BCUT2D eigenvalue weighted by Gasteiger charge is -2.25. The number of thioether (sulfide) groups is 1. The number of nitrogens with zero attached hydrogens (tertiary/aromatic N) is 3. The zero-order valence-corrected chi connectivity index (χ0v) is 17.3. The maximum Gasteiger partial charge on any atom is 0.243 e. The van der Waals surface area contributed by atoms with Gasteiger partial charge in [0, 0.05) is 23.7 Å². The second-order valence-electron chi connectivity index (χ2n) is 6.63. The standard InChI is InChI=1S/C20H21N3O3S2/c1-15-11-12-23(18-5-3-4-6-19(18)27-15)20(24)14-22(2)28(25,26)17-9-7-16(13-21)8-10-17/h3-10,15H,11-12,14H2,1-2H3/t15-/m0/s1. The highest BCUT2D eigenvalue weighted by Gasteiger charge is 2.28. The predicted octanol–water partition coefficient (Wildman–Crippen LogP) is 3.10. The topological polar surface area (TPSA) is 81.5 Å². The first-order valence-electron chi connectivity index (χ1n) is 8.85. The van der Waals surface area contributed by atoms with Gasteiger partial charge >= 0.3 is 0 Å². The molecule has 0 N–H and O–H groups in total. The van der Waals surface area contributed by atoms with Crippen LogP contribution in [0.3, 0.4) is 0 Å². The van der Waals surface area contributed by atoms with Crippen molar-refractivity contribution in [3.05, 3.63) is 54.1 Å². The maximum absolute atomic E-state index is 13.0. The molecule has 28 heavy (non-hydrogen) atoms. The van der Waals surface area contributed by atoms with Gasteiger partial charge in [-0.3, -0.25) is 4.79 Å². The van der Waals surface area contributed by atoms with Crippen LogP contribution in [0.5, 0.6) is 0 Å². The summed E-state index contributed by atoms with van der Waals surface area (Å²) in [6.07, 6.45) is 0.831. The summed E-state index contributed by atoms with van der Waals surface area (Å²) in [6, 6.07) is 15.3. The number of para-hydroxylation sites is 1. The minimum Gasteiger partial charge on any atom is -0.310 e. The van der Waals surface area contributed by atoms with Gasteiger partial charge < -0.3 is 4.90 Å². The van der Waals surface area contributed by atoms with E-state index < -0.39 is 10.0 Å². The van der Waals surface area contributed by atoms with Crippen LogP contribution in [0.1, 0.15) is 18.9 Å². The fourth-order valence-electron chi connectivity index (χ4n) is 2.99. The van der Waals surface area contributed by atoms with Gasteiger partial charge in [0.05, 0.1) is 28.8 Å². The largest absolute Gasteiger partial charge is 0.310 e. The summed E-state index contributed by atoms with van der Waals surface area (Å²) < 4.78 is 26.6. The van der Waals surface area contributed by atoms with Crippen LogP contribution in [0.15, 0.2) is 58.3 Å². The normalized spacial score (nSPS) is 16.9. The molecule has 1 atom stereocenters. The highest BCUT2D eigenvalue weighted by molar-refractivity contribution is 8.00. The Labute approximate surface area is 169 Å². The van der Waals surface area contributed by atoms with Gasteiger partial charge in [0.1, 0.15) is 0 Å². The number of carbonyl (C=O) groups is 1. The third kappa shape index (κ3) is 4.22. The minimum absolute atomic E-state index is 0.0576. The van der Waals surface area contributed by atoms with Crippen molar-refractivity contribution in [2.45, 2.75) is 28.4 Å². The molecule has 0 saturated heterocycles. The molecule has 2 aromatic carbocycles. The van der Waals surface area contributed by atoms with Gasteiger partial charge in [-0.2, -0.15) is 9.57 Å². The Kier molecular flexibility index (Phi) is 6.08. The molecule has 1 amide bonds. The number of carbonyl (C=O) groups excluding carboxylic acids is 1. The lowest BCUT2D eigenvalue weighted by atomic mass is 10.2. The molecule has 1 aliphatic rings. The van der Waals surface area contributed by atoms with Gasteiger partial charge in [-0.15, -0.1) is 11.8 Å². The molecular weight excluding hydrogens is 394 g/mol. The average Bonchev–Trinajstić information content (AvgIpc) is 2.86. The zero-order valence-electron chi connectivity index (χ0n) is 15.7. The number of amides is 1. The van der Waals surface area contributed by atoms with E-state index in [2.05, 4.69) is 6.92 Å². The van der Waals surface area contributed by atoms with E-state index in [0.29, 0.717) is 17.4 Å². The Balaban J connectivity index is 1.81. The number of hydrogen-bond acceptors (Lipinski definition) is 5. The van der Waals surface area contributed by atoms with Crippen LogP contribution in [0.4, 0.5) is 5.69 Å². The second-order valence-corrected chi connectivity index (χ2v) is 10.2. The molecule has 2 aromatic rings. The van der Waals surface area contributed by atoms with Crippen LogP contribution in [-0.2, 0) is 14.8 Å². The van der Waals surface area contributed by atoms with Crippen molar-refractivity contribution in [1.82, 2.24) is 4.31 Å². The first kappa shape index (κ1) is 20.4. The molecule has 146 valence electrons. The molecule has 0 spiro atoms. The van der Waals surface area contributed by atoms with Crippen molar-refractivity contribution in [1.29, 1.82) is 5.26 Å². The van der Waals surface area contributed by atoms with Gasteiger partial charge in [0.2, 0.25) is 15.9 Å². The number of nitriles is 1. The van der Waals surface area contributed by atoms with Gasteiger partial charge in [0.25, 0.3) is 0 Å². The Morgan fingerprint density at radius 2 is 1.93 bits per heavy atom. The number of rotatable bonds is 4. The third-order valence-corrected chi connectivity index (χ3v) is 7.65. The predicted molar refractivity (Wildman–Crippen MR) is 110 cm³/mol. The second kappa shape index (κ2) is 8.35. The molecule has 0 aromatic heterocycles. The van der Waals surface area contributed by atoms with Crippen LogP contribution in [0.25, 0.3) is 0 Å². The molecule has 0 aliphatic carbocycles. The molecule has 0 unspecified atom stereocenters. The van der Waals surface area contributed by atoms with Crippen LogP contribution in [0, 0.1) is 11.3 Å². The summed E-state index contributed by atoms with van der Waals surface area (Å²) in [5, 5.41) is 9.24. The van der Waals surface area contributed by atoms with E-state index in [1.807, 2.05) is 30.3 Å². The van der Waals surface area contributed by atoms with E-state index >= 15 is 0 Å². The highest BCUT2D eigenvalue weighted by atomic mass is 32.2. The fraction of sp³-hybridized carbons (Fsp3) is 0.300. The van der Waals surface area contributed by atoms with E-state index in [1.54, 1.807) is 16.7 Å². The molecule has 8 heteroatoms. The monoisotopic (exact) mass is 415 g/mol. The smallest absolute Gasteiger partial charge is 0.243 e. The fourth-order valence-corrected chi connectivity index (χ4v) is 5.22. The Morgan fingerprint density at radius 1 is 1.25 bits per heavy atom. The van der Waals surface area contributed by atoms with E-state index in [1.165, 1.54) is 31.3 Å². The van der Waals surface area contributed by atoms with Gasteiger partial charge in [0.15, 0.2) is 0 Å². The van der Waals surface area contributed by atoms with Crippen molar-refractivity contribution >= 4 is 33.4 Å². The van der Waals surface area contributed by atoms with Crippen LogP contribution in [0.2, 0.25) is 0 Å². The van der Waals surface area contributed by atoms with E-state index in [9.17, 15) is 13.2 Å². The summed E-state index contributed by atoms with van der Waals surface area (Å²) in [4.78, 5) is 15.7. The number of sulfonamides is 1. The molecule has 0 bridgehead atoms. The first-order chi connectivity index (χ1) is 13.3. The van der Waals surface area contributed by atoms with Crippen LogP contribution >= 0.6 is 11.8 Å². The quantitative estimate of drug-likeness (QED) is 0.766. The third-order valence-electron chi connectivity index (χ3n) is 4.59. The van der Waals surface area contributed by atoms with Crippen molar-refractivity contribution < 1.29 is 13.2 Å². The Bertz CT molecular complexity index is 1010. The van der Waals surface area contributed by atoms with E-state index in [4.69, 9.17) is 5.26 Å². The van der Waals surface area contributed by atoms with Crippen LogP contribution in [-0.4, -0.2) is 44.0 Å². The number of hydrogen-bond donors (Lipinski definition) is 0. The van der Waals surface area contributed by atoms with E-state index in [-0.39, 0.29) is 17.3 Å². The Morgan fingerprint density at radius 3 is 2.61 bits per heavy atom. The zero-order chi connectivity index (χ0) is 20.3. The van der Waals surface area contributed by atoms with Crippen molar-refractivity contribution in [2.24, 2.45) is 0 Å². The molecule has 3 rings (SSSR count). The lowest BCUT2D eigenvalue weighted by Crippen LogP contribution is -2.41. The molecular formula is C20H21N3O3S2. The maximum atomic E-state index is 13.0. The van der Waals surface area contributed by atoms with Gasteiger partial charge in [-0.05, 0) is 42.8 Å². The molecule has 0 saturated carbocycles. The first-order valence-corrected chi connectivity index (χ1v) is 11.2. The minimum atomic E-state index is -3.82. The number of anilines is 1. The summed E-state index contributed by atoms with van der Waals surface area (Å²) in [6.45, 7) is 2.42. The molecule has 0 radical (unpaired) electrons. The molecule has 1 heterocycles. The van der Waals surface area contributed by atoms with Gasteiger partial charge in [-0.25, -0.2) is 8.42 Å². The average molecular weight is 416 g/mol. The van der Waals surface area contributed by atoms with Gasteiger partial charge in [-0.1, -0.05) is 19.1 Å². The SMILES string of the molecule is C[C@H]1CCN(C(=O)CN(C)S(=O)(=O)c2ccc(C#N)cc2)c2ccccc2S1. The molecule has 1 aliphatic heterocycles. The number of likely N-dealkylation sites (N-methyl/N-ethyl adjacent to an activating group) is 1. The summed E-state index contributed by atoms with van der Waals surface area (Å²) in [5.41, 5.74) is 1.21. The molecule has 6 nitrogen and oxygen atoms in total. The molecule has 0 fully saturated rings. The van der Waals surface area contributed by atoms with Crippen LogP contribution < -0.4 is 4.90 Å².